The molecule has 6 nitrogen and oxygen atoms in total. The summed E-state index contributed by atoms with van der Waals surface area (Å²) >= 11 is 7.10. The molecule has 0 spiro atoms. The molecule has 0 aliphatic carbocycles. The van der Waals surface area contributed by atoms with Crippen LogP contribution in [0.4, 0.5) is 0 Å². The summed E-state index contributed by atoms with van der Waals surface area (Å²) in [5, 5.41) is 13.3. The van der Waals surface area contributed by atoms with Gasteiger partial charge in [0.15, 0.2) is 10.3 Å². The topological polar surface area (TPSA) is 71.3 Å². The summed E-state index contributed by atoms with van der Waals surface area (Å²) in [5.74, 6) is 0.460. The molecule has 0 unspecified atom stereocenters. The van der Waals surface area contributed by atoms with Crippen molar-refractivity contribution >= 4 is 22.9 Å². The van der Waals surface area contributed by atoms with Gasteiger partial charge in [-0.3, -0.25) is 10.1 Å². The van der Waals surface area contributed by atoms with Crippen molar-refractivity contribution in [1.82, 2.24) is 15.2 Å². The molecule has 0 aliphatic rings. The number of nitro groups is 1. The highest BCUT2D eigenvalue weighted by Gasteiger charge is 2.12. The van der Waals surface area contributed by atoms with E-state index < -0.39 is 4.92 Å². The molecule has 0 aliphatic heterocycles. The third-order valence-electron chi connectivity index (χ3n) is 2.08. The third kappa shape index (κ3) is 4.20. The van der Waals surface area contributed by atoms with Crippen LogP contribution in [-0.4, -0.2) is 28.4 Å². The third-order valence-corrected chi connectivity index (χ3v) is 3.18. The maximum absolute atomic E-state index is 10.5. The minimum absolute atomic E-state index is 0.460. The molecular formula is C9H13ClN4O2S. The molecule has 0 radical (unpaired) electrons. The van der Waals surface area contributed by atoms with E-state index in [2.05, 4.69) is 10.3 Å². The van der Waals surface area contributed by atoms with Gasteiger partial charge >= 0.3 is 0 Å². The molecule has 0 aromatic carbocycles. The number of nitrogens with zero attached hydrogens (tertiary/aromatic N) is 3. The first kappa shape index (κ1) is 13.7. The summed E-state index contributed by atoms with van der Waals surface area (Å²) in [4.78, 5) is 16.7. The summed E-state index contributed by atoms with van der Waals surface area (Å²) in [6, 6.07) is 0. The number of hydrogen-bond donors (Lipinski definition) is 1. The molecule has 0 amide bonds. The molecule has 0 fully saturated rings. The van der Waals surface area contributed by atoms with Crippen LogP contribution in [0.3, 0.4) is 0 Å². The van der Waals surface area contributed by atoms with Crippen LogP contribution in [0.15, 0.2) is 18.2 Å². The summed E-state index contributed by atoms with van der Waals surface area (Å²) < 4.78 is 0.473. The molecular weight excluding hydrogens is 264 g/mol. The molecule has 1 aromatic rings. The van der Waals surface area contributed by atoms with Gasteiger partial charge in [-0.05, 0) is 6.92 Å². The van der Waals surface area contributed by atoms with Crippen LogP contribution in [0.25, 0.3) is 0 Å². The lowest BCUT2D eigenvalue weighted by Crippen LogP contribution is -2.29. The highest BCUT2D eigenvalue weighted by atomic mass is 35.5. The lowest BCUT2D eigenvalue weighted by atomic mass is 10.4. The van der Waals surface area contributed by atoms with Gasteiger partial charge in [0.25, 0.3) is 6.20 Å². The fraction of sp³-hybridized carbons (Fsp3) is 0.444. The molecule has 1 heterocycles. The molecule has 0 atom stereocenters. The molecule has 0 bridgehead atoms. The number of thiazole rings is 1. The molecule has 0 saturated heterocycles. The zero-order valence-corrected chi connectivity index (χ0v) is 11.1. The summed E-state index contributed by atoms with van der Waals surface area (Å²) in [5.41, 5.74) is 0. The SMILES string of the molecule is CCN(Cc1cnc(Cl)s1)C(=C[N+](=O)[O-])NC. The van der Waals surface area contributed by atoms with Crippen molar-refractivity contribution in [1.29, 1.82) is 0 Å². The molecule has 0 saturated carbocycles. The van der Waals surface area contributed by atoms with Crippen LogP contribution < -0.4 is 5.32 Å². The lowest BCUT2D eigenvalue weighted by Gasteiger charge is -2.22. The Morgan fingerprint density at radius 1 is 1.82 bits per heavy atom. The Labute approximate surface area is 108 Å². The highest BCUT2D eigenvalue weighted by Crippen LogP contribution is 2.20. The van der Waals surface area contributed by atoms with Crippen LogP contribution in [-0.2, 0) is 6.54 Å². The molecule has 1 rings (SSSR count). The van der Waals surface area contributed by atoms with Crippen molar-refractivity contribution in [2.75, 3.05) is 13.6 Å². The van der Waals surface area contributed by atoms with Gasteiger partial charge < -0.3 is 10.2 Å². The summed E-state index contributed by atoms with van der Waals surface area (Å²) in [6.45, 7) is 3.12. The van der Waals surface area contributed by atoms with E-state index in [9.17, 15) is 10.1 Å². The molecule has 8 heteroatoms. The van der Waals surface area contributed by atoms with E-state index in [1.165, 1.54) is 11.3 Å². The van der Waals surface area contributed by atoms with Crippen molar-refractivity contribution in [3.8, 4) is 0 Å². The van der Waals surface area contributed by atoms with E-state index in [4.69, 9.17) is 11.6 Å². The minimum atomic E-state index is -0.478. The van der Waals surface area contributed by atoms with E-state index in [0.717, 1.165) is 11.1 Å². The van der Waals surface area contributed by atoms with Gasteiger partial charge in [-0.25, -0.2) is 4.98 Å². The predicted octanol–water partition coefficient (Wildman–Crippen LogP) is 1.91. The first-order valence-corrected chi connectivity index (χ1v) is 6.14. The normalized spacial score (nSPS) is 11.4. The van der Waals surface area contributed by atoms with E-state index >= 15 is 0 Å². The van der Waals surface area contributed by atoms with Crippen LogP contribution in [0.1, 0.15) is 11.8 Å². The molecule has 94 valence electrons. The maximum atomic E-state index is 10.5. The maximum Gasteiger partial charge on any atom is 0.274 e. The Bertz CT molecular complexity index is 421. The second-order valence-corrected chi connectivity index (χ2v) is 4.84. The Kier molecular flexibility index (Phi) is 5.17. The van der Waals surface area contributed by atoms with Gasteiger partial charge in [0.1, 0.15) is 0 Å². The van der Waals surface area contributed by atoms with Gasteiger partial charge in [-0.2, -0.15) is 0 Å². The van der Waals surface area contributed by atoms with E-state index in [1.807, 2.05) is 11.8 Å². The second kappa shape index (κ2) is 6.41. The summed E-state index contributed by atoms with van der Waals surface area (Å²) in [7, 11) is 1.65. The Balaban J connectivity index is 2.80. The number of hydrogen-bond acceptors (Lipinski definition) is 6. The Morgan fingerprint density at radius 3 is 2.94 bits per heavy atom. The highest BCUT2D eigenvalue weighted by molar-refractivity contribution is 7.15. The molecule has 17 heavy (non-hydrogen) atoms. The van der Waals surface area contributed by atoms with Crippen LogP contribution in [0, 0.1) is 10.1 Å². The first-order chi connectivity index (χ1) is 8.06. The Hall–Kier alpha value is -1.34. The summed E-state index contributed by atoms with van der Waals surface area (Å²) in [6.07, 6.45) is 2.63. The quantitative estimate of drug-likeness (QED) is 0.635. The standard InChI is InChI=1S/C9H13ClN4O2S/c1-3-13(8(11-2)6-14(15)16)5-7-4-12-9(10)17-7/h4,6,11H,3,5H2,1-2H3. The number of aromatic nitrogens is 1. The van der Waals surface area contributed by atoms with Crippen molar-refractivity contribution in [3.05, 3.63) is 37.7 Å². The van der Waals surface area contributed by atoms with Gasteiger partial charge in [0.2, 0.25) is 0 Å². The smallest absolute Gasteiger partial charge is 0.274 e. The minimum Gasteiger partial charge on any atom is -0.370 e. The number of halogens is 1. The van der Waals surface area contributed by atoms with E-state index in [1.54, 1.807) is 13.2 Å². The largest absolute Gasteiger partial charge is 0.370 e. The van der Waals surface area contributed by atoms with Crippen molar-refractivity contribution < 1.29 is 4.92 Å². The van der Waals surface area contributed by atoms with Crippen molar-refractivity contribution in [2.24, 2.45) is 0 Å². The zero-order valence-electron chi connectivity index (χ0n) is 9.51. The first-order valence-electron chi connectivity index (χ1n) is 4.95. The number of nitrogens with one attached hydrogen (secondary N) is 1. The van der Waals surface area contributed by atoms with Crippen molar-refractivity contribution in [3.63, 3.8) is 0 Å². The van der Waals surface area contributed by atoms with Crippen LogP contribution in [0.5, 0.6) is 0 Å². The van der Waals surface area contributed by atoms with E-state index in [0.29, 0.717) is 23.4 Å². The fourth-order valence-corrected chi connectivity index (χ4v) is 2.31. The monoisotopic (exact) mass is 276 g/mol. The number of rotatable bonds is 6. The van der Waals surface area contributed by atoms with Crippen LogP contribution in [0.2, 0.25) is 4.47 Å². The van der Waals surface area contributed by atoms with Gasteiger partial charge in [-0.1, -0.05) is 11.6 Å². The van der Waals surface area contributed by atoms with Crippen LogP contribution >= 0.6 is 22.9 Å². The average Bonchev–Trinajstić information content (AvgIpc) is 2.68. The predicted molar refractivity (Wildman–Crippen MR) is 67.3 cm³/mol. The van der Waals surface area contributed by atoms with Gasteiger partial charge in [0, 0.05) is 24.7 Å². The fourth-order valence-electron chi connectivity index (χ4n) is 1.32. The van der Waals surface area contributed by atoms with Crippen molar-refractivity contribution in [2.45, 2.75) is 13.5 Å². The molecule has 1 aromatic heterocycles. The van der Waals surface area contributed by atoms with Gasteiger partial charge in [0.05, 0.1) is 11.5 Å². The molecule has 1 N–H and O–H groups in total. The second-order valence-electron chi connectivity index (χ2n) is 3.14. The average molecular weight is 277 g/mol. The zero-order chi connectivity index (χ0) is 12.8. The van der Waals surface area contributed by atoms with Gasteiger partial charge in [-0.15, -0.1) is 11.3 Å². The lowest BCUT2D eigenvalue weighted by molar-refractivity contribution is -0.404. The van der Waals surface area contributed by atoms with E-state index in [-0.39, 0.29) is 0 Å². The Morgan fingerprint density at radius 2 is 2.53 bits per heavy atom.